The Morgan fingerprint density at radius 3 is 1.15 bits per heavy atom. The smallest absolute Gasteiger partial charge is 0.252 e. The predicted octanol–water partition coefficient (Wildman–Crippen LogP) is 23.8. The van der Waals surface area contributed by atoms with Crippen molar-refractivity contribution in [3.63, 3.8) is 0 Å². The number of benzene rings is 9. The highest BCUT2D eigenvalue weighted by Crippen LogP contribution is 2.49. The van der Waals surface area contributed by atoms with Crippen LogP contribution >= 0.6 is 0 Å². The molecular formula is C88H102BN3. The lowest BCUT2D eigenvalue weighted by molar-refractivity contribution is 0.590. The minimum atomic E-state index is -0.0932. The average Bonchev–Trinajstić information content (AvgIpc) is 1.36. The summed E-state index contributed by atoms with van der Waals surface area (Å²) in [6, 6.07) is 59.9. The van der Waals surface area contributed by atoms with Gasteiger partial charge in [0.1, 0.15) is 0 Å². The number of fused-ring (bicyclic) bond motifs is 10. The number of hydrogen-bond donors (Lipinski definition) is 0. The fraction of sp³-hybridized carbons (Fsp3) is 0.386. The van der Waals surface area contributed by atoms with E-state index in [2.05, 4.69) is 326 Å². The van der Waals surface area contributed by atoms with Crippen molar-refractivity contribution >= 4 is 83.8 Å². The van der Waals surface area contributed by atoms with Crippen LogP contribution < -0.4 is 21.3 Å². The van der Waals surface area contributed by atoms with Crippen LogP contribution in [0.4, 0.5) is 17.1 Å². The third-order valence-electron chi connectivity index (χ3n) is 21.1. The standard InChI is InChI=1S/C88H102BN3/c1-49(2)57-39-65(51(5)6)81(66(40-57)52(7)8)55-25-33-75-69(37-55)70-38-56(82-67(53(9)10)41-58(50(3)4)42-68(82)54(11)12)26-34-76(70)91(75)64-47-79-83-80(48-64)92-77-35-29-60(86(16,17)18)43-71(77)72-44-62(88(22,23)24)46-74(84(72)92)89(83)73-45-61(87(19,20)21)30-36-78(73)90(79)63-31-27-59(28-32-63)85(13,14)15/h25-54H,1-24H3. The normalized spacial score (nSPS) is 13.8. The number of rotatable bonds is 10. The number of anilines is 3. The molecule has 0 fully saturated rings. The third-order valence-corrected chi connectivity index (χ3v) is 21.1. The van der Waals surface area contributed by atoms with Gasteiger partial charge in [-0.15, -0.1) is 0 Å². The topological polar surface area (TPSA) is 13.1 Å². The molecule has 0 spiro atoms. The Labute approximate surface area is 552 Å². The van der Waals surface area contributed by atoms with Gasteiger partial charge in [0.25, 0.3) is 6.71 Å². The molecule has 0 unspecified atom stereocenters. The molecule has 0 amide bonds. The van der Waals surface area contributed by atoms with Gasteiger partial charge in [-0.1, -0.05) is 239 Å². The van der Waals surface area contributed by atoms with E-state index < -0.39 is 0 Å². The summed E-state index contributed by atoms with van der Waals surface area (Å²) in [5.41, 5.74) is 34.2. The van der Waals surface area contributed by atoms with Crippen molar-refractivity contribution in [3.05, 3.63) is 201 Å². The third kappa shape index (κ3) is 10.3. The molecule has 0 saturated carbocycles. The van der Waals surface area contributed by atoms with E-state index in [4.69, 9.17) is 0 Å². The van der Waals surface area contributed by atoms with E-state index in [0.29, 0.717) is 35.5 Å². The molecule has 13 rings (SSSR count). The van der Waals surface area contributed by atoms with Crippen LogP contribution in [-0.4, -0.2) is 15.8 Å². The lowest BCUT2D eigenvalue weighted by atomic mass is 9.33. The van der Waals surface area contributed by atoms with Gasteiger partial charge in [-0.2, -0.15) is 0 Å². The van der Waals surface area contributed by atoms with Gasteiger partial charge in [0.05, 0.1) is 22.2 Å². The monoisotopic (exact) mass is 1210 g/mol. The first-order valence-electron chi connectivity index (χ1n) is 34.9. The molecule has 11 aromatic rings. The second-order valence-electron chi connectivity index (χ2n) is 33.9. The molecule has 472 valence electrons. The minimum absolute atomic E-state index is 0.00292. The van der Waals surface area contributed by atoms with Crippen molar-refractivity contribution in [2.24, 2.45) is 0 Å². The van der Waals surface area contributed by atoms with Gasteiger partial charge >= 0.3 is 0 Å². The van der Waals surface area contributed by atoms with Crippen LogP contribution in [0.25, 0.3) is 77.2 Å². The zero-order valence-corrected chi connectivity index (χ0v) is 60.2. The van der Waals surface area contributed by atoms with Crippen LogP contribution in [0.3, 0.4) is 0 Å². The van der Waals surface area contributed by atoms with E-state index in [1.54, 1.807) is 0 Å². The Hall–Kier alpha value is -7.56. The first-order chi connectivity index (χ1) is 43.1. The van der Waals surface area contributed by atoms with Crippen molar-refractivity contribution < 1.29 is 0 Å². The fourth-order valence-corrected chi connectivity index (χ4v) is 15.6. The van der Waals surface area contributed by atoms with Crippen LogP contribution in [0.5, 0.6) is 0 Å². The van der Waals surface area contributed by atoms with E-state index in [1.165, 1.54) is 161 Å². The highest BCUT2D eigenvalue weighted by molar-refractivity contribution is 7.00. The summed E-state index contributed by atoms with van der Waals surface area (Å²) in [7, 11) is 0. The zero-order chi connectivity index (χ0) is 66.1. The van der Waals surface area contributed by atoms with Crippen molar-refractivity contribution in [2.45, 2.75) is 223 Å². The molecule has 2 aliphatic heterocycles. The van der Waals surface area contributed by atoms with Gasteiger partial charge in [0.15, 0.2) is 0 Å². The van der Waals surface area contributed by atoms with Crippen molar-refractivity contribution in [3.8, 4) is 33.6 Å². The summed E-state index contributed by atoms with van der Waals surface area (Å²) in [6.45, 7) is 56.8. The maximum atomic E-state index is 2.70. The van der Waals surface area contributed by atoms with Gasteiger partial charge in [0.2, 0.25) is 0 Å². The van der Waals surface area contributed by atoms with Crippen LogP contribution in [0.1, 0.15) is 257 Å². The summed E-state index contributed by atoms with van der Waals surface area (Å²) < 4.78 is 5.34. The highest BCUT2D eigenvalue weighted by atomic mass is 15.2. The summed E-state index contributed by atoms with van der Waals surface area (Å²) in [5.74, 6) is 2.24. The molecule has 0 radical (unpaired) electrons. The van der Waals surface area contributed by atoms with E-state index in [1.807, 2.05) is 0 Å². The van der Waals surface area contributed by atoms with Crippen LogP contribution in [0, 0.1) is 0 Å². The molecule has 0 aliphatic carbocycles. The Bertz CT molecular complexity index is 4590. The number of nitrogens with zero attached hydrogens (tertiary/aromatic N) is 3. The lowest BCUT2D eigenvalue weighted by Gasteiger charge is -2.41. The Morgan fingerprint density at radius 1 is 0.304 bits per heavy atom. The van der Waals surface area contributed by atoms with Crippen LogP contribution in [-0.2, 0) is 21.7 Å². The predicted molar refractivity (Wildman–Crippen MR) is 405 cm³/mol. The first kappa shape index (κ1) is 63.2. The van der Waals surface area contributed by atoms with Crippen molar-refractivity contribution in [1.82, 2.24) is 9.13 Å². The molecule has 0 N–H and O–H groups in total. The quantitative estimate of drug-likeness (QED) is 0.124. The van der Waals surface area contributed by atoms with Crippen molar-refractivity contribution in [1.29, 1.82) is 0 Å². The second kappa shape index (κ2) is 22.0. The highest BCUT2D eigenvalue weighted by Gasteiger charge is 2.44. The van der Waals surface area contributed by atoms with Gasteiger partial charge in [-0.05, 0) is 224 Å². The van der Waals surface area contributed by atoms with E-state index in [9.17, 15) is 0 Å². The summed E-state index contributed by atoms with van der Waals surface area (Å²) >= 11 is 0. The molecule has 0 saturated heterocycles. The van der Waals surface area contributed by atoms with Gasteiger partial charge in [-0.25, -0.2) is 0 Å². The van der Waals surface area contributed by atoms with Crippen LogP contribution in [0.15, 0.2) is 146 Å². The molecule has 2 aromatic heterocycles. The van der Waals surface area contributed by atoms with Gasteiger partial charge in [0, 0.05) is 49.8 Å². The van der Waals surface area contributed by atoms with Gasteiger partial charge in [-0.3, -0.25) is 0 Å². The summed E-state index contributed by atoms with van der Waals surface area (Å²) in [4.78, 5) is 2.64. The largest absolute Gasteiger partial charge is 0.311 e. The molecule has 0 atom stereocenters. The lowest BCUT2D eigenvalue weighted by Crippen LogP contribution is -2.60. The Kier molecular flexibility index (Phi) is 15.1. The van der Waals surface area contributed by atoms with Gasteiger partial charge < -0.3 is 14.0 Å². The molecule has 9 aromatic carbocycles. The maximum Gasteiger partial charge on any atom is 0.252 e. The zero-order valence-electron chi connectivity index (χ0n) is 60.2. The van der Waals surface area contributed by atoms with E-state index in [-0.39, 0.29) is 28.4 Å². The Balaban J connectivity index is 1.20. The SMILES string of the molecule is CC(C)c1cc(C(C)C)c(-c2ccc3c(c2)c2cc(-c4c(C(C)C)cc(C(C)C)cc4C(C)C)ccc2n3-c2cc3c4c(c2)-n2c5ccc(C(C)(C)C)cc5c5cc(C(C)(C)C)cc(c52)B4c2cc(C(C)(C)C)ccc2N3c2ccc(C(C)(C)C)cc2)c(C(C)C)c1. The molecule has 2 aliphatic rings. The maximum absolute atomic E-state index is 2.70. The van der Waals surface area contributed by atoms with Crippen LogP contribution in [0.2, 0.25) is 0 Å². The number of hydrogen-bond acceptors (Lipinski definition) is 1. The first-order valence-corrected chi connectivity index (χ1v) is 34.9. The molecule has 92 heavy (non-hydrogen) atoms. The molecule has 0 bridgehead atoms. The van der Waals surface area contributed by atoms with Crippen molar-refractivity contribution in [2.75, 3.05) is 4.90 Å². The summed E-state index contributed by atoms with van der Waals surface area (Å²) in [5, 5.41) is 5.20. The molecular weight excluding hydrogens is 1110 g/mol. The summed E-state index contributed by atoms with van der Waals surface area (Å²) in [6.07, 6.45) is 0. The number of aromatic nitrogens is 2. The Morgan fingerprint density at radius 2 is 0.696 bits per heavy atom. The molecule has 3 nitrogen and oxygen atoms in total. The fourth-order valence-electron chi connectivity index (χ4n) is 15.6. The minimum Gasteiger partial charge on any atom is -0.311 e. The molecule has 4 heterocycles. The van der Waals surface area contributed by atoms with E-state index >= 15 is 0 Å². The average molecular weight is 1210 g/mol. The molecule has 4 heteroatoms. The van der Waals surface area contributed by atoms with E-state index in [0.717, 1.165) is 5.69 Å². The second-order valence-corrected chi connectivity index (χ2v) is 33.9.